The summed E-state index contributed by atoms with van der Waals surface area (Å²) in [6, 6.07) is 10.2. The van der Waals surface area contributed by atoms with Crippen molar-refractivity contribution in [2.24, 2.45) is 5.92 Å². The summed E-state index contributed by atoms with van der Waals surface area (Å²) in [6.07, 6.45) is 1.50. The largest absolute Gasteiger partial charge is 0.393 e. The van der Waals surface area contributed by atoms with Crippen molar-refractivity contribution in [3.8, 4) is 11.4 Å². The normalized spacial score (nSPS) is 20.1. The third kappa shape index (κ3) is 2.60. The molecule has 1 aliphatic rings. The summed E-state index contributed by atoms with van der Waals surface area (Å²) in [5.41, 5.74) is 0.948. The van der Waals surface area contributed by atoms with Gasteiger partial charge in [-0.2, -0.15) is 4.52 Å². The van der Waals surface area contributed by atoms with Crippen LogP contribution in [-0.2, 0) is 0 Å². The molecule has 1 aliphatic carbocycles. The Morgan fingerprint density at radius 2 is 2.00 bits per heavy atom. The van der Waals surface area contributed by atoms with Gasteiger partial charge in [0.1, 0.15) is 11.6 Å². The first-order valence-electron chi connectivity index (χ1n) is 7.98. The minimum Gasteiger partial charge on any atom is -0.393 e. The average Bonchev–Trinajstić information content (AvgIpc) is 2.96. The van der Waals surface area contributed by atoms with Gasteiger partial charge in [0.2, 0.25) is 0 Å². The van der Waals surface area contributed by atoms with Crippen LogP contribution in [0.15, 0.2) is 36.4 Å². The molecule has 7 heteroatoms. The van der Waals surface area contributed by atoms with Crippen molar-refractivity contribution >= 4 is 11.5 Å². The molecule has 1 aromatic carbocycles. The number of hydrogen-bond acceptors (Lipinski definition) is 5. The summed E-state index contributed by atoms with van der Waals surface area (Å²) in [6.45, 7) is 0.826. The zero-order valence-electron chi connectivity index (χ0n) is 13.3. The van der Waals surface area contributed by atoms with Crippen LogP contribution >= 0.6 is 0 Å². The van der Waals surface area contributed by atoms with Gasteiger partial charge in [-0.3, -0.25) is 0 Å². The van der Waals surface area contributed by atoms with E-state index in [-0.39, 0.29) is 11.9 Å². The molecule has 1 N–H and O–H groups in total. The van der Waals surface area contributed by atoms with Crippen molar-refractivity contribution in [2.45, 2.75) is 18.9 Å². The minimum absolute atomic E-state index is 0.163. The van der Waals surface area contributed by atoms with Crippen LogP contribution in [0.25, 0.3) is 17.0 Å². The third-order valence-corrected chi connectivity index (χ3v) is 4.50. The van der Waals surface area contributed by atoms with Gasteiger partial charge < -0.3 is 10.0 Å². The predicted molar refractivity (Wildman–Crippen MR) is 88.2 cm³/mol. The Labute approximate surface area is 138 Å². The summed E-state index contributed by atoms with van der Waals surface area (Å²) in [5.74, 6) is 1.28. The number of fused-ring (bicyclic) bond motifs is 1. The summed E-state index contributed by atoms with van der Waals surface area (Å²) >= 11 is 0. The molecule has 0 atom stereocenters. The maximum atomic E-state index is 14.1. The second kappa shape index (κ2) is 5.83. The molecule has 1 fully saturated rings. The van der Waals surface area contributed by atoms with E-state index < -0.39 is 0 Å². The molecule has 0 bridgehead atoms. The number of benzene rings is 1. The van der Waals surface area contributed by atoms with Crippen molar-refractivity contribution in [3.63, 3.8) is 0 Å². The SMILES string of the molecule is CN(CC1CC(O)C1)c1ccc2nnc(-c3ccccc3F)n2n1. The van der Waals surface area contributed by atoms with Gasteiger partial charge in [0.15, 0.2) is 11.5 Å². The number of aromatic nitrogens is 4. The standard InChI is InChI=1S/C17H18FN5O/c1-22(10-11-8-12(24)9-11)16-7-6-15-19-20-17(23(15)21-16)13-4-2-3-5-14(13)18/h2-7,11-12,24H,8-10H2,1H3. The molecule has 0 saturated heterocycles. The highest BCUT2D eigenvalue weighted by molar-refractivity contribution is 5.60. The Morgan fingerprint density at radius 3 is 2.75 bits per heavy atom. The summed E-state index contributed by atoms with van der Waals surface area (Å²) in [4.78, 5) is 2.04. The van der Waals surface area contributed by atoms with Crippen LogP contribution in [0.2, 0.25) is 0 Å². The number of nitrogens with zero attached hydrogens (tertiary/aromatic N) is 5. The van der Waals surface area contributed by atoms with Crippen LogP contribution in [-0.4, -0.2) is 44.6 Å². The maximum Gasteiger partial charge on any atom is 0.188 e. The molecule has 0 spiro atoms. The number of hydrogen-bond donors (Lipinski definition) is 1. The van der Waals surface area contributed by atoms with Crippen LogP contribution in [0, 0.1) is 11.7 Å². The quantitative estimate of drug-likeness (QED) is 0.795. The molecule has 124 valence electrons. The van der Waals surface area contributed by atoms with Gasteiger partial charge in [-0.15, -0.1) is 15.3 Å². The number of rotatable bonds is 4. The van der Waals surface area contributed by atoms with Crippen molar-refractivity contribution < 1.29 is 9.50 Å². The second-order valence-electron chi connectivity index (χ2n) is 6.34. The Hall–Kier alpha value is -2.54. The molecule has 0 radical (unpaired) electrons. The predicted octanol–water partition coefficient (Wildman–Crippen LogP) is 2.14. The number of anilines is 1. The Bertz CT molecular complexity index is 874. The van der Waals surface area contributed by atoms with E-state index in [9.17, 15) is 9.50 Å². The number of aliphatic hydroxyl groups excluding tert-OH is 1. The van der Waals surface area contributed by atoms with Crippen LogP contribution in [0.3, 0.4) is 0 Å². The Kier molecular flexibility index (Phi) is 3.65. The van der Waals surface area contributed by atoms with E-state index in [4.69, 9.17) is 0 Å². The van der Waals surface area contributed by atoms with Gasteiger partial charge in [0.05, 0.1) is 11.7 Å². The van der Waals surface area contributed by atoms with Gasteiger partial charge in [0, 0.05) is 13.6 Å². The van der Waals surface area contributed by atoms with Gasteiger partial charge in [-0.1, -0.05) is 12.1 Å². The van der Waals surface area contributed by atoms with Crippen LogP contribution in [0.5, 0.6) is 0 Å². The molecule has 0 amide bonds. The van der Waals surface area contributed by atoms with E-state index in [0.717, 1.165) is 25.2 Å². The van der Waals surface area contributed by atoms with E-state index in [1.807, 2.05) is 24.1 Å². The fourth-order valence-electron chi connectivity index (χ4n) is 3.12. The van der Waals surface area contributed by atoms with E-state index >= 15 is 0 Å². The summed E-state index contributed by atoms with van der Waals surface area (Å²) in [7, 11) is 1.96. The molecule has 1 saturated carbocycles. The van der Waals surface area contributed by atoms with Gasteiger partial charge in [-0.05, 0) is 43.0 Å². The average molecular weight is 327 g/mol. The lowest BCUT2D eigenvalue weighted by molar-refractivity contribution is 0.0464. The van der Waals surface area contributed by atoms with E-state index in [1.54, 1.807) is 22.7 Å². The van der Waals surface area contributed by atoms with E-state index in [2.05, 4.69) is 15.3 Å². The van der Waals surface area contributed by atoms with Crippen molar-refractivity contribution in [3.05, 3.63) is 42.2 Å². The van der Waals surface area contributed by atoms with Crippen molar-refractivity contribution in [2.75, 3.05) is 18.5 Å². The highest BCUT2D eigenvalue weighted by atomic mass is 19.1. The highest BCUT2D eigenvalue weighted by Crippen LogP contribution is 2.29. The maximum absolute atomic E-state index is 14.1. The molecule has 2 heterocycles. The Balaban J connectivity index is 1.67. The second-order valence-corrected chi connectivity index (χ2v) is 6.34. The smallest absolute Gasteiger partial charge is 0.188 e. The number of aliphatic hydroxyl groups is 1. The Morgan fingerprint density at radius 1 is 1.21 bits per heavy atom. The molecule has 2 aromatic heterocycles. The van der Waals surface area contributed by atoms with Gasteiger partial charge in [-0.25, -0.2) is 4.39 Å². The fraction of sp³-hybridized carbons (Fsp3) is 0.353. The van der Waals surface area contributed by atoms with Gasteiger partial charge >= 0.3 is 0 Å². The topological polar surface area (TPSA) is 66.5 Å². The molecule has 3 aromatic rings. The van der Waals surface area contributed by atoms with Crippen LogP contribution in [0.1, 0.15) is 12.8 Å². The molecular formula is C17H18FN5O. The van der Waals surface area contributed by atoms with Crippen LogP contribution < -0.4 is 4.90 Å². The van der Waals surface area contributed by atoms with Crippen LogP contribution in [0.4, 0.5) is 10.2 Å². The first kappa shape index (κ1) is 15.0. The van der Waals surface area contributed by atoms with E-state index in [1.165, 1.54) is 6.07 Å². The lowest BCUT2D eigenvalue weighted by Crippen LogP contribution is -2.37. The first-order valence-corrected chi connectivity index (χ1v) is 7.98. The highest BCUT2D eigenvalue weighted by Gasteiger charge is 2.28. The molecule has 4 rings (SSSR count). The molecule has 6 nitrogen and oxygen atoms in total. The summed E-state index contributed by atoms with van der Waals surface area (Å²) < 4.78 is 15.6. The molecular weight excluding hydrogens is 309 g/mol. The minimum atomic E-state index is -0.351. The van der Waals surface area contributed by atoms with Gasteiger partial charge in [0.25, 0.3) is 0 Å². The summed E-state index contributed by atoms with van der Waals surface area (Å²) in [5, 5.41) is 22.1. The fourth-order valence-corrected chi connectivity index (χ4v) is 3.12. The molecule has 0 unspecified atom stereocenters. The lowest BCUT2D eigenvalue weighted by Gasteiger charge is -2.34. The van der Waals surface area contributed by atoms with Crippen molar-refractivity contribution in [1.82, 2.24) is 19.8 Å². The zero-order chi connectivity index (χ0) is 16.7. The lowest BCUT2D eigenvalue weighted by atomic mass is 9.82. The molecule has 24 heavy (non-hydrogen) atoms. The van der Waals surface area contributed by atoms with E-state index in [0.29, 0.717) is 23.0 Å². The number of halogens is 1. The molecule has 0 aliphatic heterocycles. The third-order valence-electron chi connectivity index (χ3n) is 4.50. The zero-order valence-corrected chi connectivity index (χ0v) is 13.3. The van der Waals surface area contributed by atoms with Crippen molar-refractivity contribution in [1.29, 1.82) is 0 Å². The first-order chi connectivity index (χ1) is 11.6. The monoisotopic (exact) mass is 327 g/mol.